The Morgan fingerprint density at radius 1 is 1.12 bits per heavy atom. The summed E-state index contributed by atoms with van der Waals surface area (Å²) in [6.45, 7) is 1.44. The Balaban J connectivity index is 0.00000208. The maximum absolute atomic E-state index is 11.9. The third-order valence-corrected chi connectivity index (χ3v) is 5.34. The number of phenols is 2. The summed E-state index contributed by atoms with van der Waals surface area (Å²) in [4.78, 5) is -0.0399. The maximum atomic E-state index is 11.9. The average Bonchev–Trinajstić information content (AvgIpc) is 2.68. The van der Waals surface area contributed by atoms with Gasteiger partial charge in [-0.3, -0.25) is 0 Å². The topological polar surface area (TPSA) is 86.6 Å². The summed E-state index contributed by atoms with van der Waals surface area (Å²) in [6.07, 6.45) is 1.82. The average molecular weight is 414 g/mol. The number of benzene rings is 2. The molecule has 2 aromatic carbocycles. The summed E-state index contributed by atoms with van der Waals surface area (Å²) in [5, 5.41) is 22.9. The number of fused-ring (bicyclic) bond motifs is 1. The van der Waals surface area contributed by atoms with E-state index in [0.29, 0.717) is 6.54 Å². The van der Waals surface area contributed by atoms with Gasteiger partial charge in [0.05, 0.1) is 0 Å². The van der Waals surface area contributed by atoms with E-state index in [4.69, 9.17) is 0 Å². The fourth-order valence-corrected chi connectivity index (χ4v) is 3.83. The zero-order valence-electron chi connectivity index (χ0n) is 13.2. The van der Waals surface area contributed by atoms with Crippen LogP contribution in [0, 0.1) is 0 Å². The molecule has 1 aliphatic heterocycles. The minimum Gasteiger partial charge on any atom is -0.508 e. The van der Waals surface area contributed by atoms with Crippen LogP contribution in [0.15, 0.2) is 41.3 Å². The van der Waals surface area contributed by atoms with Crippen LogP contribution in [0.2, 0.25) is 0 Å². The number of halogens is 1. The van der Waals surface area contributed by atoms with Crippen molar-refractivity contribution in [2.45, 2.75) is 17.2 Å². The van der Waals surface area contributed by atoms with Crippen molar-refractivity contribution in [3.05, 3.63) is 53.1 Å². The van der Waals surface area contributed by atoms with Gasteiger partial charge in [-0.25, -0.2) is 8.42 Å². The van der Waals surface area contributed by atoms with E-state index in [1.54, 1.807) is 24.3 Å². The number of hydrogen-bond acceptors (Lipinski definition) is 5. The minimum absolute atomic E-state index is 0. The van der Waals surface area contributed by atoms with Crippen molar-refractivity contribution in [3.63, 3.8) is 0 Å². The van der Waals surface area contributed by atoms with Gasteiger partial charge >= 0.3 is 0 Å². The first kappa shape index (κ1) is 18.8. The van der Waals surface area contributed by atoms with Gasteiger partial charge in [0.1, 0.15) is 16.4 Å². The smallest absolute Gasteiger partial charge is 0.179 e. The van der Waals surface area contributed by atoms with E-state index < -0.39 is 9.84 Å². The van der Waals surface area contributed by atoms with Crippen LogP contribution in [0.3, 0.4) is 0 Å². The Labute approximate surface area is 152 Å². The van der Waals surface area contributed by atoms with E-state index >= 15 is 0 Å². The fourth-order valence-electron chi connectivity index (χ4n) is 3.05. The van der Waals surface area contributed by atoms with Crippen molar-refractivity contribution >= 4 is 26.8 Å². The van der Waals surface area contributed by atoms with Gasteiger partial charge in [0, 0.05) is 18.7 Å². The molecule has 5 nitrogen and oxygen atoms in total. The van der Waals surface area contributed by atoms with Crippen molar-refractivity contribution < 1.29 is 18.6 Å². The second-order valence-electron chi connectivity index (χ2n) is 5.89. The number of aromatic hydroxyl groups is 2. The van der Waals surface area contributed by atoms with Crippen molar-refractivity contribution in [2.75, 3.05) is 19.3 Å². The number of rotatable bonds is 2. The first-order valence-corrected chi connectivity index (χ1v) is 9.31. The van der Waals surface area contributed by atoms with E-state index in [9.17, 15) is 18.6 Å². The van der Waals surface area contributed by atoms with E-state index in [2.05, 4.69) is 5.32 Å². The molecule has 0 fully saturated rings. The first-order valence-electron chi connectivity index (χ1n) is 7.42. The second kappa shape index (κ2) is 7.13. The van der Waals surface area contributed by atoms with E-state index in [-0.39, 0.29) is 39.3 Å². The molecule has 1 aliphatic rings. The molecule has 1 unspecified atom stereocenters. The Morgan fingerprint density at radius 2 is 1.79 bits per heavy atom. The van der Waals surface area contributed by atoms with Gasteiger partial charge in [-0.1, -0.05) is 12.1 Å². The molecule has 0 aromatic heterocycles. The number of nitrogens with one attached hydrogen (secondary N) is 1. The van der Waals surface area contributed by atoms with Crippen LogP contribution in [-0.2, 0) is 16.3 Å². The second-order valence-corrected chi connectivity index (χ2v) is 7.87. The van der Waals surface area contributed by atoms with Crippen LogP contribution in [0.25, 0.3) is 0 Å². The molecule has 2 aromatic rings. The van der Waals surface area contributed by atoms with Crippen LogP contribution in [-0.4, -0.2) is 38.0 Å². The molecule has 1 atom stereocenters. The monoisotopic (exact) mass is 413 g/mol. The van der Waals surface area contributed by atoms with Gasteiger partial charge in [-0.05, 0) is 53.9 Å². The fraction of sp³-hybridized carbons (Fsp3) is 0.294. The van der Waals surface area contributed by atoms with Gasteiger partial charge in [-0.15, -0.1) is 17.0 Å². The molecule has 3 rings (SSSR count). The van der Waals surface area contributed by atoms with Crippen LogP contribution < -0.4 is 5.32 Å². The zero-order chi connectivity index (χ0) is 16.6. The van der Waals surface area contributed by atoms with Crippen molar-refractivity contribution in [1.82, 2.24) is 5.32 Å². The van der Waals surface area contributed by atoms with Crippen LogP contribution in [0.5, 0.6) is 11.5 Å². The SMILES string of the molecule is Br.CS(=O)(=O)c1cc2c(cc1O)CCNCC2c1ccc(O)cc1. The lowest BCUT2D eigenvalue weighted by Crippen LogP contribution is -2.20. The molecule has 0 saturated carbocycles. The summed E-state index contributed by atoms with van der Waals surface area (Å²) >= 11 is 0. The molecule has 7 heteroatoms. The normalized spacial score (nSPS) is 17.5. The number of sulfone groups is 1. The van der Waals surface area contributed by atoms with E-state index in [1.165, 1.54) is 0 Å². The number of hydrogen-bond donors (Lipinski definition) is 3. The summed E-state index contributed by atoms with van der Waals surface area (Å²) in [6, 6.07) is 10.1. The molecule has 0 spiro atoms. The Morgan fingerprint density at radius 3 is 2.42 bits per heavy atom. The highest BCUT2D eigenvalue weighted by Crippen LogP contribution is 2.35. The van der Waals surface area contributed by atoms with E-state index in [0.717, 1.165) is 35.9 Å². The molecular weight excluding hydrogens is 394 g/mol. The molecule has 1 heterocycles. The highest BCUT2D eigenvalue weighted by atomic mass is 79.9. The third-order valence-electron chi connectivity index (χ3n) is 4.21. The highest BCUT2D eigenvalue weighted by Gasteiger charge is 2.24. The molecule has 3 N–H and O–H groups in total. The van der Waals surface area contributed by atoms with Crippen LogP contribution in [0.1, 0.15) is 22.6 Å². The summed E-state index contributed by atoms with van der Waals surface area (Å²) in [7, 11) is -3.50. The largest absolute Gasteiger partial charge is 0.508 e. The number of phenolic OH excluding ortho intramolecular Hbond substituents is 2. The summed E-state index contributed by atoms with van der Waals surface area (Å²) < 4.78 is 23.8. The molecular formula is C17H20BrNO4S. The van der Waals surface area contributed by atoms with Gasteiger partial charge in [-0.2, -0.15) is 0 Å². The lowest BCUT2D eigenvalue weighted by molar-refractivity contribution is 0.457. The molecule has 0 saturated heterocycles. The quantitative estimate of drug-likeness (QED) is 0.703. The van der Waals surface area contributed by atoms with Crippen molar-refractivity contribution in [1.29, 1.82) is 0 Å². The van der Waals surface area contributed by atoms with Gasteiger partial charge < -0.3 is 15.5 Å². The molecule has 24 heavy (non-hydrogen) atoms. The standard InChI is InChI=1S/C17H19NO4S.BrH/c1-23(21,22)17-9-14-12(8-16(17)20)6-7-18-10-15(14)11-2-4-13(19)5-3-11;/h2-5,8-9,15,18-20H,6-7,10H2,1H3;1H. The molecule has 0 radical (unpaired) electrons. The minimum atomic E-state index is -3.50. The van der Waals surface area contributed by atoms with Crippen LogP contribution >= 0.6 is 17.0 Å². The van der Waals surface area contributed by atoms with Gasteiger partial charge in [0.2, 0.25) is 0 Å². The summed E-state index contributed by atoms with van der Waals surface area (Å²) in [5.41, 5.74) is 2.83. The lowest BCUT2D eigenvalue weighted by Gasteiger charge is -2.19. The maximum Gasteiger partial charge on any atom is 0.179 e. The zero-order valence-corrected chi connectivity index (χ0v) is 15.7. The Hall–Kier alpha value is -1.57. The predicted molar refractivity (Wildman–Crippen MR) is 98.1 cm³/mol. The molecule has 0 amide bonds. The van der Waals surface area contributed by atoms with Crippen molar-refractivity contribution in [3.8, 4) is 11.5 Å². The third kappa shape index (κ3) is 3.74. The van der Waals surface area contributed by atoms with Crippen molar-refractivity contribution in [2.24, 2.45) is 0 Å². The Kier molecular flexibility index (Phi) is 5.57. The molecule has 0 aliphatic carbocycles. The first-order chi connectivity index (χ1) is 10.9. The highest BCUT2D eigenvalue weighted by molar-refractivity contribution is 8.93. The van der Waals surface area contributed by atoms with E-state index in [1.807, 2.05) is 12.1 Å². The van der Waals surface area contributed by atoms with Crippen LogP contribution in [0.4, 0.5) is 0 Å². The Bertz CT molecular complexity index is 834. The molecule has 130 valence electrons. The summed E-state index contributed by atoms with van der Waals surface area (Å²) in [5.74, 6) is -0.0371. The van der Waals surface area contributed by atoms with Gasteiger partial charge in [0.15, 0.2) is 9.84 Å². The molecule has 0 bridgehead atoms. The van der Waals surface area contributed by atoms with Gasteiger partial charge in [0.25, 0.3) is 0 Å². The predicted octanol–water partition coefficient (Wildman–Crippen LogP) is 2.36. The lowest BCUT2D eigenvalue weighted by atomic mass is 9.88.